The zero-order chi connectivity index (χ0) is 22.5. The van der Waals surface area contributed by atoms with Gasteiger partial charge in [0.1, 0.15) is 4.90 Å². The fraction of sp³-hybridized carbons (Fsp3) is 0.429. The van der Waals surface area contributed by atoms with E-state index in [1.165, 1.54) is 18.5 Å². The molecule has 0 saturated carbocycles. The number of pyridine rings is 1. The number of guanidine groups is 1. The zero-order valence-electron chi connectivity index (χ0n) is 18.2. The molecule has 0 unspecified atom stereocenters. The lowest BCUT2D eigenvalue weighted by molar-refractivity contribution is 0.287. The average molecular weight is 450 g/mol. The van der Waals surface area contributed by atoms with Gasteiger partial charge in [0.25, 0.3) is 0 Å². The number of nitrogens with one attached hydrogen (secondary N) is 3. The van der Waals surface area contributed by atoms with Gasteiger partial charge in [-0.3, -0.25) is 9.98 Å². The van der Waals surface area contributed by atoms with Gasteiger partial charge in [-0.2, -0.15) is 0 Å². The highest BCUT2D eigenvalue weighted by atomic mass is 32.2. The maximum atomic E-state index is 12.2. The van der Waals surface area contributed by atoms with Crippen molar-refractivity contribution in [2.75, 3.05) is 39.9 Å². The molecule has 0 spiro atoms. The lowest BCUT2D eigenvalue weighted by Gasteiger charge is -2.14. The Labute approximate surface area is 184 Å². The van der Waals surface area contributed by atoms with Gasteiger partial charge >= 0.3 is 0 Å². The second-order valence-corrected chi connectivity index (χ2v) is 8.18. The molecule has 1 aromatic heterocycles. The van der Waals surface area contributed by atoms with E-state index in [9.17, 15) is 8.42 Å². The first kappa shape index (κ1) is 24.4. The number of benzene rings is 1. The van der Waals surface area contributed by atoms with Crippen LogP contribution >= 0.6 is 0 Å². The Morgan fingerprint density at radius 2 is 1.77 bits per heavy atom. The standard InChI is InChI=1S/C21H31N5O4S/c1-4-29-19-9-8-17(15-20(19)30-5-2)10-12-24-21(22-3)25-13-14-26-31(27,28)18-7-6-11-23-16-18/h6-9,11,15-16,26H,4-5,10,12-14H2,1-3H3,(H2,22,24,25). The summed E-state index contributed by atoms with van der Waals surface area (Å²) in [6, 6.07) is 9.00. The summed E-state index contributed by atoms with van der Waals surface area (Å²) in [5, 5.41) is 6.31. The fourth-order valence-electron chi connectivity index (χ4n) is 2.75. The summed E-state index contributed by atoms with van der Waals surface area (Å²) >= 11 is 0. The minimum atomic E-state index is -3.57. The molecule has 0 radical (unpaired) electrons. The minimum Gasteiger partial charge on any atom is -0.490 e. The van der Waals surface area contributed by atoms with Gasteiger partial charge in [-0.15, -0.1) is 0 Å². The molecule has 0 atom stereocenters. The van der Waals surface area contributed by atoms with E-state index in [4.69, 9.17) is 9.47 Å². The second kappa shape index (κ2) is 12.8. The fourth-order valence-corrected chi connectivity index (χ4v) is 3.75. The number of rotatable bonds is 12. The third-order valence-electron chi connectivity index (χ3n) is 4.19. The smallest absolute Gasteiger partial charge is 0.242 e. The van der Waals surface area contributed by atoms with E-state index in [1.54, 1.807) is 13.1 Å². The summed E-state index contributed by atoms with van der Waals surface area (Å²) in [4.78, 5) is 8.13. The van der Waals surface area contributed by atoms with Gasteiger partial charge in [0.15, 0.2) is 17.5 Å². The highest BCUT2D eigenvalue weighted by Crippen LogP contribution is 2.28. The molecule has 2 aromatic rings. The molecule has 0 fully saturated rings. The van der Waals surface area contributed by atoms with E-state index in [2.05, 4.69) is 25.3 Å². The number of sulfonamides is 1. The van der Waals surface area contributed by atoms with Crippen molar-refractivity contribution in [3.05, 3.63) is 48.3 Å². The predicted molar refractivity (Wildman–Crippen MR) is 121 cm³/mol. The van der Waals surface area contributed by atoms with Crippen LogP contribution in [0, 0.1) is 0 Å². The first-order valence-electron chi connectivity index (χ1n) is 10.2. The largest absolute Gasteiger partial charge is 0.490 e. The van der Waals surface area contributed by atoms with E-state index < -0.39 is 10.0 Å². The molecule has 31 heavy (non-hydrogen) atoms. The van der Waals surface area contributed by atoms with E-state index in [0.717, 1.165) is 23.5 Å². The van der Waals surface area contributed by atoms with Crippen LogP contribution in [0.2, 0.25) is 0 Å². The Hall–Kier alpha value is -2.85. The first-order valence-corrected chi connectivity index (χ1v) is 11.7. The van der Waals surface area contributed by atoms with Gasteiger partial charge in [0.05, 0.1) is 13.2 Å². The molecular formula is C21H31N5O4S. The first-order chi connectivity index (χ1) is 15.0. The van der Waals surface area contributed by atoms with E-state index in [0.29, 0.717) is 32.3 Å². The van der Waals surface area contributed by atoms with E-state index in [1.807, 2.05) is 32.0 Å². The van der Waals surface area contributed by atoms with Crippen LogP contribution in [0.1, 0.15) is 19.4 Å². The number of ether oxygens (including phenoxy) is 2. The molecule has 0 amide bonds. The highest BCUT2D eigenvalue weighted by Gasteiger charge is 2.12. The summed E-state index contributed by atoms with van der Waals surface area (Å²) in [5.74, 6) is 2.08. The molecule has 0 aliphatic rings. The van der Waals surface area contributed by atoms with Gasteiger partial charge in [-0.25, -0.2) is 13.1 Å². The molecular weight excluding hydrogens is 418 g/mol. The molecule has 9 nitrogen and oxygen atoms in total. The van der Waals surface area contributed by atoms with Crippen LogP contribution in [0.5, 0.6) is 11.5 Å². The third kappa shape index (κ3) is 8.06. The predicted octanol–water partition coefficient (Wildman–Crippen LogP) is 1.57. The van der Waals surface area contributed by atoms with Crippen molar-refractivity contribution in [2.24, 2.45) is 4.99 Å². The molecule has 0 aliphatic carbocycles. The summed E-state index contributed by atoms with van der Waals surface area (Å²) in [6.07, 6.45) is 3.61. The minimum absolute atomic E-state index is 0.138. The van der Waals surface area contributed by atoms with Crippen LogP contribution in [0.4, 0.5) is 0 Å². The molecule has 2 rings (SSSR count). The van der Waals surface area contributed by atoms with Gasteiger partial charge < -0.3 is 20.1 Å². The van der Waals surface area contributed by atoms with Gasteiger partial charge in [0, 0.05) is 39.1 Å². The average Bonchev–Trinajstić information content (AvgIpc) is 2.78. The molecule has 0 saturated heterocycles. The molecule has 0 aliphatic heterocycles. The van der Waals surface area contributed by atoms with E-state index >= 15 is 0 Å². The summed E-state index contributed by atoms with van der Waals surface area (Å²) in [5.41, 5.74) is 1.11. The Morgan fingerprint density at radius 1 is 1.03 bits per heavy atom. The number of nitrogens with zero attached hydrogens (tertiary/aromatic N) is 2. The number of hydrogen-bond donors (Lipinski definition) is 3. The molecule has 1 heterocycles. The maximum absolute atomic E-state index is 12.2. The lowest BCUT2D eigenvalue weighted by atomic mass is 10.1. The number of aromatic nitrogens is 1. The van der Waals surface area contributed by atoms with Crippen LogP contribution in [-0.2, 0) is 16.4 Å². The molecule has 3 N–H and O–H groups in total. The van der Waals surface area contributed by atoms with Crippen LogP contribution in [0.25, 0.3) is 0 Å². The second-order valence-electron chi connectivity index (χ2n) is 6.41. The van der Waals surface area contributed by atoms with Gasteiger partial charge in [-0.1, -0.05) is 6.07 Å². The zero-order valence-corrected chi connectivity index (χ0v) is 19.0. The van der Waals surface area contributed by atoms with Crippen molar-refractivity contribution in [1.29, 1.82) is 0 Å². The molecule has 170 valence electrons. The van der Waals surface area contributed by atoms with Gasteiger partial charge in [0.2, 0.25) is 10.0 Å². The number of aliphatic imine (C=N–C) groups is 1. The molecule has 10 heteroatoms. The summed E-state index contributed by atoms with van der Waals surface area (Å²) < 4.78 is 38.1. The van der Waals surface area contributed by atoms with Crippen LogP contribution in [0.3, 0.4) is 0 Å². The Kier molecular flexibility index (Phi) is 10.0. The SMILES string of the molecule is CCOc1ccc(CCNC(=NC)NCCNS(=O)(=O)c2cccnc2)cc1OCC. The highest BCUT2D eigenvalue weighted by molar-refractivity contribution is 7.89. The van der Waals surface area contributed by atoms with Crippen molar-refractivity contribution in [1.82, 2.24) is 20.3 Å². The Balaban J connectivity index is 1.77. The van der Waals surface area contributed by atoms with Gasteiger partial charge in [-0.05, 0) is 50.1 Å². The summed E-state index contributed by atoms with van der Waals surface area (Å²) in [6.45, 7) is 6.29. The topological polar surface area (TPSA) is 114 Å². The van der Waals surface area contributed by atoms with E-state index in [-0.39, 0.29) is 11.4 Å². The van der Waals surface area contributed by atoms with Crippen molar-refractivity contribution in [3.63, 3.8) is 0 Å². The molecule has 0 bridgehead atoms. The van der Waals surface area contributed by atoms with Crippen molar-refractivity contribution in [2.45, 2.75) is 25.2 Å². The van der Waals surface area contributed by atoms with Crippen LogP contribution < -0.4 is 24.8 Å². The third-order valence-corrected chi connectivity index (χ3v) is 5.64. The lowest BCUT2D eigenvalue weighted by Crippen LogP contribution is -2.42. The van der Waals surface area contributed by atoms with Crippen molar-refractivity contribution < 1.29 is 17.9 Å². The summed E-state index contributed by atoms with van der Waals surface area (Å²) in [7, 11) is -1.90. The Bertz CT molecular complexity index is 936. The number of hydrogen-bond acceptors (Lipinski definition) is 6. The maximum Gasteiger partial charge on any atom is 0.242 e. The van der Waals surface area contributed by atoms with Crippen molar-refractivity contribution >= 4 is 16.0 Å². The van der Waals surface area contributed by atoms with Crippen LogP contribution in [-0.4, -0.2) is 59.3 Å². The monoisotopic (exact) mass is 449 g/mol. The quantitative estimate of drug-likeness (QED) is 0.256. The normalized spacial score (nSPS) is 11.8. The molecule has 1 aromatic carbocycles. The van der Waals surface area contributed by atoms with Crippen LogP contribution in [0.15, 0.2) is 52.6 Å². The van der Waals surface area contributed by atoms with Crippen molar-refractivity contribution in [3.8, 4) is 11.5 Å². The Morgan fingerprint density at radius 3 is 2.45 bits per heavy atom.